The highest BCUT2D eigenvalue weighted by Gasteiger charge is 2.24. The molecule has 1 aliphatic carbocycles. The molecule has 21 heavy (non-hydrogen) atoms. The number of anilines is 1. The van der Waals surface area contributed by atoms with Crippen LogP contribution in [0.3, 0.4) is 0 Å². The van der Waals surface area contributed by atoms with E-state index in [1.54, 1.807) is 6.33 Å². The Morgan fingerprint density at radius 1 is 1.29 bits per heavy atom. The van der Waals surface area contributed by atoms with Crippen LogP contribution in [-0.4, -0.2) is 27.4 Å². The molecule has 0 saturated heterocycles. The van der Waals surface area contributed by atoms with E-state index in [2.05, 4.69) is 31.0 Å². The fourth-order valence-corrected chi connectivity index (χ4v) is 3.17. The van der Waals surface area contributed by atoms with Crippen LogP contribution in [0.1, 0.15) is 24.2 Å². The lowest BCUT2D eigenvalue weighted by atomic mass is 10.1. The van der Waals surface area contributed by atoms with Gasteiger partial charge in [0.1, 0.15) is 6.33 Å². The van der Waals surface area contributed by atoms with Crippen molar-refractivity contribution >= 4 is 17.3 Å². The van der Waals surface area contributed by atoms with Crippen molar-refractivity contribution in [1.82, 2.24) is 20.1 Å². The molecule has 0 unspecified atom stereocenters. The summed E-state index contributed by atoms with van der Waals surface area (Å²) in [6.45, 7) is 3.48. The largest absolute Gasteiger partial charge is 0.361 e. The standard InChI is InChI=1S/C15H18ClN5/c16-13-3-1-2-11(8-17-12-4-5-12)15(13)20-6-7-21-10-18-19-14(21)9-20/h1-3,10,12,17H,4-9H2. The van der Waals surface area contributed by atoms with Gasteiger partial charge >= 0.3 is 0 Å². The Hall–Kier alpha value is -1.59. The molecule has 0 atom stereocenters. The predicted molar refractivity (Wildman–Crippen MR) is 82.4 cm³/mol. The van der Waals surface area contributed by atoms with Crippen molar-refractivity contribution in [3.05, 3.63) is 40.9 Å². The molecular weight excluding hydrogens is 286 g/mol. The van der Waals surface area contributed by atoms with Gasteiger partial charge in [0.2, 0.25) is 0 Å². The van der Waals surface area contributed by atoms with Crippen molar-refractivity contribution < 1.29 is 0 Å². The van der Waals surface area contributed by atoms with E-state index in [1.165, 1.54) is 18.4 Å². The van der Waals surface area contributed by atoms with Gasteiger partial charge in [0.25, 0.3) is 0 Å². The minimum Gasteiger partial charge on any atom is -0.361 e. The van der Waals surface area contributed by atoms with Crippen LogP contribution in [0.25, 0.3) is 0 Å². The minimum atomic E-state index is 0.696. The van der Waals surface area contributed by atoms with Crippen LogP contribution >= 0.6 is 11.6 Å². The highest BCUT2D eigenvalue weighted by Crippen LogP contribution is 2.32. The second kappa shape index (κ2) is 5.31. The summed E-state index contributed by atoms with van der Waals surface area (Å²) in [7, 11) is 0. The number of halogens is 1. The molecule has 6 heteroatoms. The van der Waals surface area contributed by atoms with Crippen LogP contribution in [0, 0.1) is 0 Å². The van der Waals surface area contributed by atoms with Crippen molar-refractivity contribution in [2.75, 3.05) is 11.4 Å². The monoisotopic (exact) mass is 303 g/mol. The van der Waals surface area contributed by atoms with Gasteiger partial charge in [-0.25, -0.2) is 0 Å². The highest BCUT2D eigenvalue weighted by molar-refractivity contribution is 6.33. The molecule has 0 bridgehead atoms. The van der Waals surface area contributed by atoms with Gasteiger partial charge in [-0.15, -0.1) is 10.2 Å². The number of hydrogen-bond acceptors (Lipinski definition) is 4. The Morgan fingerprint density at radius 2 is 2.19 bits per heavy atom. The van der Waals surface area contributed by atoms with Crippen LogP contribution in [0.15, 0.2) is 24.5 Å². The van der Waals surface area contributed by atoms with E-state index in [-0.39, 0.29) is 0 Å². The lowest BCUT2D eigenvalue weighted by Gasteiger charge is -2.31. The van der Waals surface area contributed by atoms with E-state index < -0.39 is 0 Å². The minimum absolute atomic E-state index is 0.696. The number of rotatable bonds is 4. The summed E-state index contributed by atoms with van der Waals surface area (Å²) in [5, 5.41) is 12.6. The first-order chi connectivity index (χ1) is 10.3. The molecule has 1 aliphatic heterocycles. The molecular formula is C15H18ClN5. The molecule has 1 fully saturated rings. The highest BCUT2D eigenvalue weighted by atomic mass is 35.5. The molecule has 0 radical (unpaired) electrons. The van der Waals surface area contributed by atoms with Crippen molar-refractivity contribution in [1.29, 1.82) is 0 Å². The second-order valence-electron chi connectivity index (χ2n) is 5.76. The number of nitrogens with one attached hydrogen (secondary N) is 1. The molecule has 110 valence electrons. The Kier molecular flexibility index (Phi) is 3.31. The normalized spacial score (nSPS) is 17.9. The molecule has 0 spiro atoms. The Labute approximate surface area is 128 Å². The molecule has 2 aliphatic rings. The molecule has 2 heterocycles. The zero-order valence-corrected chi connectivity index (χ0v) is 12.6. The van der Waals surface area contributed by atoms with Crippen molar-refractivity contribution in [2.45, 2.75) is 38.5 Å². The number of hydrogen-bond donors (Lipinski definition) is 1. The Bertz CT molecular complexity index is 649. The van der Waals surface area contributed by atoms with Crippen LogP contribution in [0.5, 0.6) is 0 Å². The van der Waals surface area contributed by atoms with Crippen LogP contribution < -0.4 is 10.2 Å². The number of aromatic nitrogens is 3. The summed E-state index contributed by atoms with van der Waals surface area (Å²) >= 11 is 6.48. The lowest BCUT2D eigenvalue weighted by molar-refractivity contribution is 0.557. The van der Waals surface area contributed by atoms with Gasteiger partial charge in [-0.05, 0) is 24.5 Å². The maximum absolute atomic E-state index is 6.48. The molecule has 5 nitrogen and oxygen atoms in total. The second-order valence-corrected chi connectivity index (χ2v) is 6.17. The van der Waals surface area contributed by atoms with E-state index in [0.29, 0.717) is 6.04 Å². The van der Waals surface area contributed by atoms with Crippen LogP contribution in [0.2, 0.25) is 5.02 Å². The summed E-state index contributed by atoms with van der Waals surface area (Å²) in [4.78, 5) is 2.32. The molecule has 1 N–H and O–H groups in total. The van der Waals surface area contributed by atoms with Gasteiger partial charge in [-0.3, -0.25) is 0 Å². The maximum atomic E-state index is 6.48. The molecule has 2 aromatic rings. The van der Waals surface area contributed by atoms with Gasteiger partial charge in [-0.2, -0.15) is 0 Å². The smallest absolute Gasteiger partial charge is 0.152 e. The first-order valence-corrected chi connectivity index (χ1v) is 7.81. The summed E-state index contributed by atoms with van der Waals surface area (Å²) in [5.74, 6) is 1.00. The summed E-state index contributed by atoms with van der Waals surface area (Å²) < 4.78 is 2.11. The third kappa shape index (κ3) is 2.63. The first kappa shape index (κ1) is 13.1. The molecule has 0 amide bonds. The summed E-state index contributed by atoms with van der Waals surface area (Å²) in [6.07, 6.45) is 4.39. The van der Waals surface area contributed by atoms with Gasteiger partial charge in [0, 0.05) is 25.7 Å². The Balaban J connectivity index is 1.61. The van der Waals surface area contributed by atoms with E-state index in [4.69, 9.17) is 11.6 Å². The van der Waals surface area contributed by atoms with Gasteiger partial charge in [0.15, 0.2) is 5.82 Å². The van der Waals surface area contributed by atoms with E-state index in [0.717, 1.165) is 42.7 Å². The molecule has 1 saturated carbocycles. The van der Waals surface area contributed by atoms with Crippen LogP contribution in [0.4, 0.5) is 5.69 Å². The molecule has 1 aromatic heterocycles. The Morgan fingerprint density at radius 3 is 3.05 bits per heavy atom. The average molecular weight is 304 g/mol. The third-order valence-electron chi connectivity index (χ3n) is 4.18. The van der Waals surface area contributed by atoms with Gasteiger partial charge in [-0.1, -0.05) is 23.7 Å². The number of para-hydroxylation sites is 1. The topological polar surface area (TPSA) is 46.0 Å². The molecule has 4 rings (SSSR count). The number of benzene rings is 1. The van der Waals surface area contributed by atoms with Crippen molar-refractivity contribution in [2.24, 2.45) is 0 Å². The molecule has 1 aromatic carbocycles. The van der Waals surface area contributed by atoms with Crippen molar-refractivity contribution in [3.8, 4) is 0 Å². The van der Waals surface area contributed by atoms with E-state index in [9.17, 15) is 0 Å². The zero-order chi connectivity index (χ0) is 14.2. The zero-order valence-electron chi connectivity index (χ0n) is 11.8. The number of nitrogens with zero attached hydrogens (tertiary/aromatic N) is 4. The summed E-state index contributed by atoms with van der Waals surface area (Å²) in [5.41, 5.74) is 2.41. The maximum Gasteiger partial charge on any atom is 0.152 e. The number of fused-ring (bicyclic) bond motifs is 1. The fraction of sp³-hybridized carbons (Fsp3) is 0.467. The lowest BCUT2D eigenvalue weighted by Crippen LogP contribution is -2.34. The van der Waals surface area contributed by atoms with Crippen LogP contribution in [-0.2, 0) is 19.6 Å². The van der Waals surface area contributed by atoms with E-state index in [1.807, 2.05) is 12.1 Å². The van der Waals surface area contributed by atoms with Gasteiger partial charge < -0.3 is 14.8 Å². The van der Waals surface area contributed by atoms with Gasteiger partial charge in [0.05, 0.1) is 17.3 Å². The summed E-state index contributed by atoms with van der Waals surface area (Å²) in [6, 6.07) is 6.86. The quantitative estimate of drug-likeness (QED) is 0.940. The first-order valence-electron chi connectivity index (χ1n) is 7.43. The third-order valence-corrected chi connectivity index (χ3v) is 4.49. The average Bonchev–Trinajstić information content (AvgIpc) is 3.20. The van der Waals surface area contributed by atoms with Crippen molar-refractivity contribution in [3.63, 3.8) is 0 Å². The predicted octanol–water partition coefficient (Wildman–Crippen LogP) is 2.20. The fourth-order valence-electron chi connectivity index (χ4n) is 2.86. The SMILES string of the molecule is Clc1cccc(CNC2CC2)c1N1CCn2cnnc2C1. The van der Waals surface area contributed by atoms with E-state index >= 15 is 0 Å².